The smallest absolute Gasteiger partial charge is 0.387 e. The van der Waals surface area contributed by atoms with Crippen LogP contribution in [0, 0.1) is 7.14 Å². The fourth-order valence-corrected chi connectivity index (χ4v) is 2.66. The normalized spacial score (nSPS) is 10.0. The highest BCUT2D eigenvalue weighted by Crippen LogP contribution is 2.23. The Hall–Kier alpha value is -0.200. The van der Waals surface area contributed by atoms with Crippen molar-refractivity contribution in [2.75, 3.05) is 0 Å². The summed E-state index contributed by atoms with van der Waals surface area (Å²) in [5, 5.41) is 9.57. The summed E-state index contributed by atoms with van der Waals surface area (Å²) in [4.78, 5) is 7.25. The van der Waals surface area contributed by atoms with E-state index in [1.165, 1.54) is 12.3 Å². The SMILES string of the molecule is FC(F)Oc1cnc(Cl)cc1I.Oc1cnc(Cl)cc1I. The van der Waals surface area contributed by atoms with Crippen molar-refractivity contribution in [1.82, 2.24) is 9.97 Å². The fourth-order valence-electron chi connectivity index (χ4n) is 0.978. The van der Waals surface area contributed by atoms with Crippen LogP contribution in [0.3, 0.4) is 0 Å². The lowest BCUT2D eigenvalue weighted by atomic mass is 10.5. The van der Waals surface area contributed by atoms with Crippen LogP contribution in [-0.4, -0.2) is 21.7 Å². The van der Waals surface area contributed by atoms with E-state index >= 15 is 0 Å². The Balaban J connectivity index is 0.000000219. The maximum atomic E-state index is 11.7. The molecule has 4 nitrogen and oxygen atoms in total. The average Bonchev–Trinajstić information content (AvgIpc) is 2.38. The number of pyridine rings is 2. The zero-order chi connectivity index (χ0) is 16.0. The second-order valence-electron chi connectivity index (χ2n) is 3.27. The highest BCUT2D eigenvalue weighted by Gasteiger charge is 2.08. The molecule has 21 heavy (non-hydrogen) atoms. The molecule has 0 amide bonds. The van der Waals surface area contributed by atoms with Crippen LogP contribution < -0.4 is 4.74 Å². The van der Waals surface area contributed by atoms with E-state index in [4.69, 9.17) is 28.3 Å². The summed E-state index contributed by atoms with van der Waals surface area (Å²) in [6.45, 7) is -2.83. The van der Waals surface area contributed by atoms with E-state index in [9.17, 15) is 8.78 Å². The van der Waals surface area contributed by atoms with Crippen molar-refractivity contribution in [3.63, 3.8) is 0 Å². The number of hydrogen-bond acceptors (Lipinski definition) is 4. The summed E-state index contributed by atoms with van der Waals surface area (Å²) in [6.07, 6.45) is 2.49. The third kappa shape index (κ3) is 7.06. The summed E-state index contributed by atoms with van der Waals surface area (Å²) in [7, 11) is 0. The second kappa shape index (κ2) is 9.06. The van der Waals surface area contributed by atoms with Crippen LogP contribution in [0.2, 0.25) is 10.3 Å². The summed E-state index contributed by atoms with van der Waals surface area (Å²) in [5.74, 6) is 0.204. The topological polar surface area (TPSA) is 55.2 Å². The van der Waals surface area contributed by atoms with Gasteiger partial charge in [0.2, 0.25) is 0 Å². The largest absolute Gasteiger partial charge is 0.505 e. The van der Waals surface area contributed by atoms with Gasteiger partial charge in [-0.15, -0.1) is 0 Å². The lowest BCUT2D eigenvalue weighted by Gasteiger charge is -2.05. The van der Waals surface area contributed by atoms with Gasteiger partial charge in [0, 0.05) is 0 Å². The quantitative estimate of drug-likeness (QED) is 0.416. The Morgan fingerprint density at radius 2 is 1.57 bits per heavy atom. The molecule has 0 saturated carbocycles. The molecular weight excluding hydrogens is 555 g/mol. The molecule has 0 bridgehead atoms. The Kier molecular flexibility index (Phi) is 8.13. The first-order chi connectivity index (χ1) is 9.79. The average molecular weight is 561 g/mol. The van der Waals surface area contributed by atoms with Crippen molar-refractivity contribution >= 4 is 68.4 Å². The number of ether oxygens (including phenoxy) is 1. The Labute approximate surface area is 156 Å². The monoisotopic (exact) mass is 560 g/mol. The van der Waals surface area contributed by atoms with E-state index in [0.29, 0.717) is 12.3 Å². The number of aromatic hydroxyl groups is 1. The predicted octanol–water partition coefficient (Wildman–Crippen LogP) is 4.99. The van der Waals surface area contributed by atoms with Gasteiger partial charge < -0.3 is 9.84 Å². The zero-order valence-corrected chi connectivity index (χ0v) is 15.7. The summed E-state index contributed by atoms with van der Waals surface area (Å²) in [6, 6.07) is 3.04. The third-order valence-electron chi connectivity index (χ3n) is 1.80. The van der Waals surface area contributed by atoms with Gasteiger partial charge in [-0.05, 0) is 57.3 Å². The van der Waals surface area contributed by atoms with Crippen LogP contribution in [0.4, 0.5) is 8.78 Å². The summed E-state index contributed by atoms with van der Waals surface area (Å²) < 4.78 is 28.8. The molecule has 2 aromatic heterocycles. The number of rotatable bonds is 2. The number of halogens is 6. The van der Waals surface area contributed by atoms with Crippen molar-refractivity contribution in [1.29, 1.82) is 0 Å². The summed E-state index contributed by atoms with van der Waals surface area (Å²) >= 11 is 14.8. The molecule has 0 aromatic carbocycles. The Morgan fingerprint density at radius 3 is 2.00 bits per heavy atom. The van der Waals surface area contributed by atoms with E-state index in [-0.39, 0.29) is 16.7 Å². The first-order valence-electron chi connectivity index (χ1n) is 5.05. The molecule has 0 aliphatic rings. The van der Waals surface area contributed by atoms with Crippen molar-refractivity contribution < 1.29 is 18.6 Å². The predicted molar refractivity (Wildman–Crippen MR) is 92.2 cm³/mol. The van der Waals surface area contributed by atoms with Crippen LogP contribution in [0.1, 0.15) is 0 Å². The van der Waals surface area contributed by atoms with Crippen molar-refractivity contribution in [3.8, 4) is 11.5 Å². The minimum Gasteiger partial charge on any atom is -0.505 e. The van der Waals surface area contributed by atoms with Gasteiger partial charge in [0.1, 0.15) is 16.1 Å². The highest BCUT2D eigenvalue weighted by atomic mass is 127. The van der Waals surface area contributed by atoms with Crippen LogP contribution in [0.5, 0.6) is 11.5 Å². The standard InChI is InChI=1S/C6H3ClF2INO.C5H3ClINO/c7-5-1-3(10)4(2-11-5)12-6(8)9;6-5-1-3(7)4(9)2-8-5/h1-2,6H;1-2,9H. The van der Waals surface area contributed by atoms with E-state index in [0.717, 1.165) is 6.20 Å². The molecular formula is C11H6Cl2F2I2N2O2. The molecule has 2 heterocycles. The van der Waals surface area contributed by atoms with E-state index in [1.54, 1.807) is 6.07 Å². The first-order valence-corrected chi connectivity index (χ1v) is 7.96. The lowest BCUT2D eigenvalue weighted by molar-refractivity contribution is -0.0506. The molecule has 114 valence electrons. The van der Waals surface area contributed by atoms with Gasteiger partial charge in [-0.3, -0.25) is 0 Å². The van der Waals surface area contributed by atoms with E-state index in [2.05, 4.69) is 14.7 Å². The molecule has 2 rings (SSSR count). The molecule has 0 atom stereocenters. The minimum atomic E-state index is -2.83. The van der Waals surface area contributed by atoms with Crippen LogP contribution in [-0.2, 0) is 0 Å². The molecule has 2 aromatic rings. The molecule has 0 spiro atoms. The molecule has 0 aliphatic carbocycles. The molecule has 1 N–H and O–H groups in total. The second-order valence-corrected chi connectivity index (χ2v) is 6.37. The third-order valence-corrected chi connectivity index (χ3v) is 3.92. The van der Waals surface area contributed by atoms with E-state index in [1.807, 2.05) is 45.2 Å². The molecule has 0 fully saturated rings. The molecule has 0 saturated heterocycles. The van der Waals surface area contributed by atoms with Crippen molar-refractivity contribution in [2.24, 2.45) is 0 Å². The maximum Gasteiger partial charge on any atom is 0.387 e. The highest BCUT2D eigenvalue weighted by molar-refractivity contribution is 14.1. The maximum absolute atomic E-state index is 11.7. The molecule has 0 unspecified atom stereocenters. The first kappa shape index (κ1) is 18.8. The van der Waals surface area contributed by atoms with Gasteiger partial charge in [0.25, 0.3) is 0 Å². The van der Waals surface area contributed by atoms with Gasteiger partial charge >= 0.3 is 6.61 Å². The summed E-state index contributed by atoms with van der Waals surface area (Å²) in [5.41, 5.74) is 0. The van der Waals surface area contributed by atoms with Crippen LogP contribution >= 0.6 is 68.4 Å². The van der Waals surface area contributed by atoms with E-state index < -0.39 is 6.61 Å². The van der Waals surface area contributed by atoms with Gasteiger partial charge in [0.05, 0.1) is 19.5 Å². The molecule has 0 aliphatic heterocycles. The lowest BCUT2D eigenvalue weighted by Crippen LogP contribution is -2.03. The molecule has 10 heteroatoms. The van der Waals surface area contributed by atoms with Gasteiger partial charge in [-0.25, -0.2) is 9.97 Å². The zero-order valence-electron chi connectivity index (χ0n) is 9.90. The van der Waals surface area contributed by atoms with Crippen molar-refractivity contribution in [3.05, 3.63) is 42.0 Å². The van der Waals surface area contributed by atoms with Crippen LogP contribution in [0.25, 0.3) is 0 Å². The fraction of sp³-hybridized carbons (Fsp3) is 0.0909. The number of hydrogen-bond donors (Lipinski definition) is 1. The minimum absolute atomic E-state index is 0.0370. The van der Waals surface area contributed by atoms with Gasteiger partial charge in [-0.1, -0.05) is 23.2 Å². The number of nitrogens with zero attached hydrogens (tertiary/aromatic N) is 2. The number of aromatic nitrogens is 2. The van der Waals surface area contributed by atoms with Gasteiger partial charge in [0.15, 0.2) is 5.75 Å². The van der Waals surface area contributed by atoms with Gasteiger partial charge in [-0.2, -0.15) is 8.78 Å². The Bertz CT molecular complexity index is 621. The van der Waals surface area contributed by atoms with Crippen molar-refractivity contribution in [2.45, 2.75) is 6.61 Å². The molecule has 0 radical (unpaired) electrons. The van der Waals surface area contributed by atoms with Crippen LogP contribution in [0.15, 0.2) is 24.5 Å². The number of alkyl halides is 2. The Morgan fingerprint density at radius 1 is 1.05 bits per heavy atom.